The molecule has 21 heavy (non-hydrogen) atoms. The van der Waals surface area contributed by atoms with Crippen molar-refractivity contribution in [2.75, 3.05) is 23.7 Å². The predicted molar refractivity (Wildman–Crippen MR) is 83.2 cm³/mol. The fourth-order valence-electron chi connectivity index (χ4n) is 2.45. The van der Waals surface area contributed by atoms with Crippen LogP contribution in [0.2, 0.25) is 0 Å². The zero-order valence-corrected chi connectivity index (χ0v) is 12.6. The third kappa shape index (κ3) is 3.39. The number of nitrogens with two attached hydrogens (primary N) is 1. The Morgan fingerprint density at radius 2 is 2.19 bits per heavy atom. The first-order chi connectivity index (χ1) is 10.1. The minimum absolute atomic E-state index is 0.0275. The van der Waals surface area contributed by atoms with Crippen LogP contribution in [0.5, 0.6) is 0 Å². The lowest BCUT2D eigenvalue weighted by molar-refractivity contribution is -0.123. The normalized spacial score (nSPS) is 19.1. The molecule has 1 heterocycles. The van der Waals surface area contributed by atoms with Gasteiger partial charge in [0.25, 0.3) is 0 Å². The van der Waals surface area contributed by atoms with Crippen LogP contribution in [-0.2, 0) is 9.59 Å². The Kier molecular flexibility index (Phi) is 4.17. The van der Waals surface area contributed by atoms with Gasteiger partial charge in [0.15, 0.2) is 0 Å². The SMILES string of the molecule is NC(CNC(=O)CN1C(=O)CSc2ccccc21)C1CC1. The molecule has 5 nitrogen and oxygen atoms in total. The highest BCUT2D eigenvalue weighted by Gasteiger charge is 2.29. The zero-order chi connectivity index (χ0) is 14.8. The third-order valence-corrected chi connectivity index (χ3v) is 4.92. The first kappa shape index (κ1) is 14.4. The summed E-state index contributed by atoms with van der Waals surface area (Å²) in [5, 5.41) is 2.84. The lowest BCUT2D eigenvalue weighted by Crippen LogP contribution is -2.46. The molecule has 2 aliphatic rings. The van der Waals surface area contributed by atoms with Gasteiger partial charge >= 0.3 is 0 Å². The van der Waals surface area contributed by atoms with Crippen LogP contribution in [-0.4, -0.2) is 36.7 Å². The van der Waals surface area contributed by atoms with Crippen molar-refractivity contribution >= 4 is 29.3 Å². The van der Waals surface area contributed by atoms with E-state index in [1.54, 1.807) is 4.90 Å². The molecule has 3 N–H and O–H groups in total. The van der Waals surface area contributed by atoms with Crippen LogP contribution in [0.3, 0.4) is 0 Å². The number of anilines is 1. The maximum absolute atomic E-state index is 12.0. The Morgan fingerprint density at radius 3 is 2.95 bits per heavy atom. The summed E-state index contributed by atoms with van der Waals surface area (Å²) in [5.41, 5.74) is 6.79. The number of rotatable bonds is 5. The number of hydrogen-bond donors (Lipinski definition) is 2. The van der Waals surface area contributed by atoms with Crippen LogP contribution in [0, 0.1) is 5.92 Å². The molecule has 1 unspecified atom stereocenters. The fraction of sp³-hybridized carbons (Fsp3) is 0.467. The van der Waals surface area contributed by atoms with Crippen LogP contribution in [0.4, 0.5) is 5.69 Å². The second kappa shape index (κ2) is 6.07. The number of fused-ring (bicyclic) bond motifs is 1. The summed E-state index contributed by atoms with van der Waals surface area (Å²) in [5.74, 6) is 0.756. The molecule has 2 amide bonds. The van der Waals surface area contributed by atoms with E-state index in [0.29, 0.717) is 18.2 Å². The summed E-state index contributed by atoms with van der Waals surface area (Å²) >= 11 is 1.52. The summed E-state index contributed by atoms with van der Waals surface area (Å²) in [7, 11) is 0. The van der Waals surface area contributed by atoms with Crippen LogP contribution in [0.15, 0.2) is 29.2 Å². The largest absolute Gasteiger partial charge is 0.353 e. The van der Waals surface area contributed by atoms with E-state index in [1.807, 2.05) is 24.3 Å². The molecule has 1 atom stereocenters. The zero-order valence-electron chi connectivity index (χ0n) is 11.7. The first-order valence-electron chi connectivity index (χ1n) is 7.19. The molecule has 0 radical (unpaired) electrons. The fourth-order valence-corrected chi connectivity index (χ4v) is 3.39. The Hall–Kier alpha value is -1.53. The van der Waals surface area contributed by atoms with E-state index < -0.39 is 0 Å². The number of carbonyl (C=O) groups is 2. The smallest absolute Gasteiger partial charge is 0.240 e. The molecule has 0 bridgehead atoms. The molecule has 0 spiro atoms. The molecule has 1 saturated carbocycles. The van der Waals surface area contributed by atoms with Gasteiger partial charge in [0.2, 0.25) is 11.8 Å². The first-order valence-corrected chi connectivity index (χ1v) is 8.18. The second-order valence-electron chi connectivity index (χ2n) is 5.54. The lowest BCUT2D eigenvalue weighted by Gasteiger charge is -2.28. The molecule has 1 aromatic carbocycles. The maximum atomic E-state index is 12.0. The Morgan fingerprint density at radius 1 is 1.43 bits per heavy atom. The molecule has 1 aliphatic heterocycles. The second-order valence-corrected chi connectivity index (χ2v) is 6.56. The molecular formula is C15H19N3O2S. The standard InChI is InChI=1S/C15H19N3O2S/c16-11(10-5-6-10)7-17-14(19)8-18-12-3-1-2-4-13(12)21-9-15(18)20/h1-4,10-11H,5-9,16H2,(H,17,19). The quantitative estimate of drug-likeness (QED) is 0.850. The molecule has 0 aromatic heterocycles. The van der Waals surface area contributed by atoms with Crippen molar-refractivity contribution < 1.29 is 9.59 Å². The van der Waals surface area contributed by atoms with Gasteiger partial charge in [-0.05, 0) is 30.9 Å². The summed E-state index contributed by atoms with van der Waals surface area (Å²) in [6, 6.07) is 7.71. The van der Waals surface area contributed by atoms with Crippen molar-refractivity contribution in [1.82, 2.24) is 5.32 Å². The van der Waals surface area contributed by atoms with E-state index in [9.17, 15) is 9.59 Å². The molecule has 3 rings (SSSR count). The van der Waals surface area contributed by atoms with Crippen LogP contribution in [0.25, 0.3) is 0 Å². The summed E-state index contributed by atoms with van der Waals surface area (Å²) < 4.78 is 0. The van der Waals surface area contributed by atoms with Crippen molar-refractivity contribution in [3.8, 4) is 0 Å². The average Bonchev–Trinajstić information content (AvgIpc) is 3.32. The highest BCUT2D eigenvalue weighted by Crippen LogP contribution is 2.34. The third-order valence-electron chi connectivity index (χ3n) is 3.87. The van der Waals surface area contributed by atoms with Crippen molar-refractivity contribution in [2.24, 2.45) is 11.7 Å². The number of hydrogen-bond acceptors (Lipinski definition) is 4. The van der Waals surface area contributed by atoms with Gasteiger partial charge in [0.05, 0.1) is 11.4 Å². The van der Waals surface area contributed by atoms with Gasteiger partial charge in [0.1, 0.15) is 6.54 Å². The van der Waals surface area contributed by atoms with Gasteiger partial charge < -0.3 is 16.0 Å². The Balaban J connectivity index is 1.60. The summed E-state index contributed by atoms with van der Waals surface area (Å²) in [6.07, 6.45) is 2.32. The van der Waals surface area contributed by atoms with Gasteiger partial charge in [-0.15, -0.1) is 11.8 Å². The van der Waals surface area contributed by atoms with E-state index in [1.165, 1.54) is 11.8 Å². The van der Waals surface area contributed by atoms with E-state index in [0.717, 1.165) is 23.4 Å². The number of thioether (sulfide) groups is 1. The van der Waals surface area contributed by atoms with Crippen molar-refractivity contribution in [2.45, 2.75) is 23.8 Å². The molecule has 1 aromatic rings. The number of nitrogens with one attached hydrogen (secondary N) is 1. The summed E-state index contributed by atoms with van der Waals surface area (Å²) in [6.45, 7) is 0.551. The van der Waals surface area contributed by atoms with Gasteiger partial charge in [-0.2, -0.15) is 0 Å². The molecular weight excluding hydrogens is 286 g/mol. The topological polar surface area (TPSA) is 75.4 Å². The van der Waals surface area contributed by atoms with Crippen molar-refractivity contribution in [3.05, 3.63) is 24.3 Å². The van der Waals surface area contributed by atoms with Crippen LogP contribution < -0.4 is 16.0 Å². The van der Waals surface area contributed by atoms with Gasteiger partial charge in [-0.25, -0.2) is 0 Å². The number of amides is 2. The van der Waals surface area contributed by atoms with Gasteiger partial charge in [0, 0.05) is 17.5 Å². The highest BCUT2D eigenvalue weighted by molar-refractivity contribution is 8.00. The van der Waals surface area contributed by atoms with Gasteiger partial charge in [-0.1, -0.05) is 12.1 Å². The molecule has 112 valence electrons. The lowest BCUT2D eigenvalue weighted by atomic mass is 10.2. The van der Waals surface area contributed by atoms with Crippen molar-refractivity contribution in [1.29, 1.82) is 0 Å². The van der Waals surface area contributed by atoms with Crippen LogP contribution >= 0.6 is 11.8 Å². The number of nitrogens with zero attached hydrogens (tertiary/aromatic N) is 1. The van der Waals surface area contributed by atoms with Gasteiger partial charge in [-0.3, -0.25) is 9.59 Å². The molecule has 6 heteroatoms. The highest BCUT2D eigenvalue weighted by atomic mass is 32.2. The number of benzene rings is 1. The predicted octanol–water partition coefficient (Wildman–Crippen LogP) is 0.979. The van der Waals surface area contributed by atoms with E-state index >= 15 is 0 Å². The van der Waals surface area contributed by atoms with Crippen molar-refractivity contribution in [3.63, 3.8) is 0 Å². The maximum Gasteiger partial charge on any atom is 0.240 e. The van der Waals surface area contributed by atoms with E-state index in [2.05, 4.69) is 5.32 Å². The average molecular weight is 305 g/mol. The Bertz CT molecular complexity index is 560. The molecule has 1 fully saturated rings. The minimum Gasteiger partial charge on any atom is -0.353 e. The van der Waals surface area contributed by atoms with Crippen LogP contribution in [0.1, 0.15) is 12.8 Å². The molecule has 1 aliphatic carbocycles. The molecule has 0 saturated heterocycles. The van der Waals surface area contributed by atoms with E-state index in [-0.39, 0.29) is 24.4 Å². The number of para-hydroxylation sites is 1. The van der Waals surface area contributed by atoms with E-state index in [4.69, 9.17) is 5.73 Å². The minimum atomic E-state index is -0.152. The number of carbonyl (C=O) groups excluding carboxylic acids is 2. The summed E-state index contributed by atoms with van der Waals surface area (Å²) in [4.78, 5) is 26.7. The monoisotopic (exact) mass is 305 g/mol. The Labute approximate surface area is 128 Å².